The zero-order chi connectivity index (χ0) is 19.8. The van der Waals surface area contributed by atoms with Gasteiger partial charge in [-0.15, -0.1) is 11.8 Å². The van der Waals surface area contributed by atoms with Crippen molar-refractivity contribution in [1.82, 2.24) is 0 Å². The van der Waals surface area contributed by atoms with Crippen molar-refractivity contribution in [2.24, 2.45) is 0 Å². The van der Waals surface area contributed by atoms with E-state index in [1.54, 1.807) is 11.8 Å². The quantitative estimate of drug-likeness (QED) is 0.275. The van der Waals surface area contributed by atoms with Gasteiger partial charge in [0.1, 0.15) is 13.2 Å². The van der Waals surface area contributed by atoms with Crippen LogP contribution in [0.1, 0.15) is 31.9 Å². The van der Waals surface area contributed by atoms with Crippen molar-refractivity contribution >= 4 is 17.7 Å². The van der Waals surface area contributed by atoms with Gasteiger partial charge in [-0.25, -0.2) is 4.79 Å². The van der Waals surface area contributed by atoms with Crippen molar-refractivity contribution in [1.29, 1.82) is 0 Å². The fraction of sp³-hybridized carbons (Fsp3) is 0.435. The molecule has 2 aromatic carbocycles. The summed E-state index contributed by atoms with van der Waals surface area (Å²) in [7, 11) is 2.20. The van der Waals surface area contributed by atoms with Crippen LogP contribution in [0.15, 0.2) is 60.7 Å². The minimum absolute atomic E-state index is 0. The number of likely N-dealkylation sites (N-methyl/N-ethyl adjacent to an activating group) is 1. The Hall–Kier alpha value is -1.05. The molecular weight excluding hydrogens is 481 g/mol. The number of nitrogens with zero attached hydrogens (tertiary/aromatic N) is 1. The first-order valence-corrected chi connectivity index (χ1v) is 10.8. The molecule has 0 saturated carbocycles. The van der Waals surface area contributed by atoms with Crippen LogP contribution in [0.5, 0.6) is 0 Å². The molecule has 154 valence electrons. The number of carbonyl (C=O) groups is 1. The summed E-state index contributed by atoms with van der Waals surface area (Å²) in [5.74, 6) is 0.641. The second-order valence-electron chi connectivity index (χ2n) is 6.96. The third-order valence-electron chi connectivity index (χ3n) is 5.40. The molecular formula is C23H32INO2S. The summed E-state index contributed by atoms with van der Waals surface area (Å²) in [4.78, 5) is 13.5. The molecule has 0 amide bonds. The highest BCUT2D eigenvalue weighted by Gasteiger charge is 2.44. The van der Waals surface area contributed by atoms with Crippen molar-refractivity contribution in [3.63, 3.8) is 0 Å². The summed E-state index contributed by atoms with van der Waals surface area (Å²) in [5.41, 5.74) is 1.94. The van der Waals surface area contributed by atoms with Gasteiger partial charge in [0.15, 0.2) is 4.75 Å². The highest BCUT2D eigenvalue weighted by atomic mass is 127. The van der Waals surface area contributed by atoms with Crippen LogP contribution >= 0.6 is 11.8 Å². The van der Waals surface area contributed by atoms with E-state index in [-0.39, 0.29) is 29.9 Å². The van der Waals surface area contributed by atoms with Gasteiger partial charge in [0, 0.05) is 0 Å². The van der Waals surface area contributed by atoms with E-state index in [0.29, 0.717) is 6.61 Å². The zero-order valence-electron chi connectivity index (χ0n) is 17.4. The van der Waals surface area contributed by atoms with E-state index in [2.05, 4.69) is 27.8 Å². The van der Waals surface area contributed by atoms with E-state index < -0.39 is 4.75 Å². The van der Waals surface area contributed by atoms with Crippen LogP contribution in [0.2, 0.25) is 0 Å². The number of hydrogen-bond donors (Lipinski definition) is 0. The first kappa shape index (κ1) is 25.0. The number of ether oxygens (including phenoxy) is 1. The lowest BCUT2D eigenvalue weighted by molar-refractivity contribution is -0.906. The second kappa shape index (κ2) is 11.8. The van der Waals surface area contributed by atoms with E-state index in [1.165, 1.54) is 0 Å². The Morgan fingerprint density at radius 2 is 1.39 bits per heavy atom. The van der Waals surface area contributed by atoms with Crippen LogP contribution in [0.4, 0.5) is 0 Å². The largest absolute Gasteiger partial charge is 1.00 e. The molecule has 3 nitrogen and oxygen atoms in total. The first-order valence-electron chi connectivity index (χ1n) is 9.78. The Morgan fingerprint density at radius 3 is 1.79 bits per heavy atom. The maximum atomic E-state index is 13.5. The van der Waals surface area contributed by atoms with Gasteiger partial charge in [-0.05, 0) is 30.7 Å². The summed E-state index contributed by atoms with van der Waals surface area (Å²) < 4.78 is 5.96. The van der Waals surface area contributed by atoms with E-state index in [9.17, 15) is 4.79 Å². The van der Waals surface area contributed by atoms with Gasteiger partial charge in [0.2, 0.25) is 0 Å². The summed E-state index contributed by atoms with van der Waals surface area (Å²) in [5, 5.41) is 0. The van der Waals surface area contributed by atoms with E-state index in [0.717, 1.165) is 41.0 Å². The molecule has 0 heterocycles. The fourth-order valence-corrected chi connectivity index (χ4v) is 4.41. The summed E-state index contributed by atoms with van der Waals surface area (Å²) in [6.45, 7) is 9.76. The lowest BCUT2D eigenvalue weighted by Gasteiger charge is -2.34. The molecule has 0 bridgehead atoms. The van der Waals surface area contributed by atoms with Crippen LogP contribution in [0.3, 0.4) is 0 Å². The smallest absolute Gasteiger partial charge is 0.331 e. The minimum Gasteiger partial charge on any atom is -1.00 e. The van der Waals surface area contributed by atoms with Gasteiger partial charge in [-0.3, -0.25) is 0 Å². The number of rotatable bonds is 10. The number of hydrogen-bond acceptors (Lipinski definition) is 3. The van der Waals surface area contributed by atoms with E-state index in [4.69, 9.17) is 4.74 Å². The highest BCUT2D eigenvalue weighted by molar-refractivity contribution is 8.01. The van der Waals surface area contributed by atoms with Crippen LogP contribution in [0, 0.1) is 0 Å². The molecule has 0 aliphatic heterocycles. The number of esters is 1. The van der Waals surface area contributed by atoms with Gasteiger partial charge >= 0.3 is 5.97 Å². The van der Waals surface area contributed by atoms with Crippen LogP contribution < -0.4 is 24.0 Å². The third kappa shape index (κ3) is 5.74. The Labute approximate surface area is 191 Å². The molecule has 0 N–H and O–H groups in total. The summed E-state index contributed by atoms with van der Waals surface area (Å²) in [6.07, 6.45) is 0. The van der Waals surface area contributed by atoms with Gasteiger partial charge in [0.05, 0.1) is 20.1 Å². The normalized spacial score (nSPS) is 11.6. The Morgan fingerprint density at radius 1 is 0.929 bits per heavy atom. The van der Waals surface area contributed by atoms with Crippen LogP contribution in [0.25, 0.3) is 0 Å². The molecule has 0 radical (unpaired) electrons. The maximum Gasteiger partial charge on any atom is 0.331 e. The molecule has 2 rings (SSSR count). The van der Waals surface area contributed by atoms with Crippen molar-refractivity contribution in [2.45, 2.75) is 25.5 Å². The maximum absolute atomic E-state index is 13.5. The fourth-order valence-electron chi connectivity index (χ4n) is 3.19. The van der Waals surface area contributed by atoms with E-state index >= 15 is 0 Å². The van der Waals surface area contributed by atoms with Crippen LogP contribution in [-0.4, -0.2) is 49.5 Å². The van der Waals surface area contributed by atoms with Gasteiger partial charge < -0.3 is 33.2 Å². The average molecular weight is 513 g/mol. The number of halogens is 1. The molecule has 0 saturated heterocycles. The molecule has 28 heavy (non-hydrogen) atoms. The van der Waals surface area contributed by atoms with E-state index in [1.807, 2.05) is 60.7 Å². The average Bonchev–Trinajstić information content (AvgIpc) is 2.73. The van der Waals surface area contributed by atoms with Crippen LogP contribution in [-0.2, 0) is 14.3 Å². The van der Waals surface area contributed by atoms with Crippen molar-refractivity contribution < 1.29 is 38.0 Å². The molecule has 0 fully saturated rings. The summed E-state index contributed by atoms with van der Waals surface area (Å²) >= 11 is 1.63. The predicted molar refractivity (Wildman–Crippen MR) is 115 cm³/mol. The molecule has 0 unspecified atom stereocenters. The van der Waals surface area contributed by atoms with Gasteiger partial charge in [0.25, 0.3) is 0 Å². The van der Waals surface area contributed by atoms with Gasteiger partial charge in [-0.1, -0.05) is 67.6 Å². The minimum atomic E-state index is -0.834. The molecule has 0 atom stereocenters. The molecule has 0 aromatic heterocycles. The third-order valence-corrected chi connectivity index (χ3v) is 6.76. The lowest BCUT2D eigenvalue weighted by Crippen LogP contribution is -3.00. The molecule has 5 heteroatoms. The Bertz CT molecular complexity index is 666. The molecule has 0 spiro atoms. The first-order chi connectivity index (χ1) is 13.0. The Kier molecular flexibility index (Phi) is 10.6. The monoisotopic (exact) mass is 513 g/mol. The SMILES string of the molecule is CCSC(C(=O)OCC[N+](C)(CC)CC)(c1ccccc1)c1ccccc1.[I-]. The summed E-state index contributed by atoms with van der Waals surface area (Å²) in [6, 6.07) is 20.0. The molecule has 2 aromatic rings. The number of carbonyl (C=O) groups excluding carboxylic acids is 1. The Balaban J connectivity index is 0.00000392. The van der Waals surface area contributed by atoms with Crippen molar-refractivity contribution in [2.75, 3.05) is 39.0 Å². The van der Waals surface area contributed by atoms with Crippen molar-refractivity contribution in [3.8, 4) is 0 Å². The van der Waals surface area contributed by atoms with Gasteiger partial charge in [-0.2, -0.15) is 0 Å². The zero-order valence-corrected chi connectivity index (χ0v) is 20.3. The number of quaternary nitrogens is 1. The topological polar surface area (TPSA) is 26.3 Å². The predicted octanol–water partition coefficient (Wildman–Crippen LogP) is 1.72. The molecule has 0 aliphatic rings. The number of thioether (sulfide) groups is 1. The number of benzene rings is 2. The molecule has 0 aliphatic carbocycles. The van der Waals surface area contributed by atoms with Crippen molar-refractivity contribution in [3.05, 3.63) is 71.8 Å². The second-order valence-corrected chi connectivity index (χ2v) is 8.44. The standard InChI is InChI=1S/C23H32NO2S.HI/c1-5-24(4,6-2)18-19-26-22(25)23(27-7-3,20-14-10-8-11-15-20)21-16-12-9-13-17-21;/h8-17H,5-7,18-19H2,1-4H3;1H/q+1;/p-1. The lowest BCUT2D eigenvalue weighted by atomic mass is 9.90. The highest BCUT2D eigenvalue weighted by Crippen LogP contribution is 2.44.